The molecular formula is C22H38O2. The Morgan fingerprint density at radius 2 is 1.75 bits per heavy atom. The van der Waals surface area contributed by atoms with Crippen LogP contribution in [0.25, 0.3) is 0 Å². The molecule has 2 heteroatoms. The van der Waals surface area contributed by atoms with Crippen LogP contribution in [0.5, 0.6) is 0 Å². The third kappa shape index (κ3) is 3.27. The fourth-order valence-corrected chi connectivity index (χ4v) is 6.16. The van der Waals surface area contributed by atoms with Gasteiger partial charge in [0.2, 0.25) is 0 Å². The lowest BCUT2D eigenvalue weighted by molar-refractivity contribution is -0.177. The van der Waals surface area contributed by atoms with Crippen LogP contribution in [-0.4, -0.2) is 11.6 Å². The van der Waals surface area contributed by atoms with E-state index in [-0.39, 0.29) is 28.3 Å². The average Bonchev–Trinajstić information content (AvgIpc) is 3.03. The summed E-state index contributed by atoms with van der Waals surface area (Å²) in [6.07, 6.45) is 7.48. The monoisotopic (exact) mass is 334 g/mol. The Kier molecular flexibility index (Phi) is 4.37. The maximum absolute atomic E-state index is 13.2. The molecule has 6 unspecified atom stereocenters. The molecule has 2 bridgehead atoms. The Bertz CT molecular complexity index is 495. The number of carbonyl (C=O) groups is 1. The van der Waals surface area contributed by atoms with E-state index in [0.717, 1.165) is 30.6 Å². The fourth-order valence-electron chi connectivity index (χ4n) is 6.16. The highest BCUT2D eigenvalue weighted by molar-refractivity contribution is 5.74. The topological polar surface area (TPSA) is 26.3 Å². The first kappa shape index (κ1) is 18.3. The lowest BCUT2D eigenvalue weighted by Gasteiger charge is -2.42. The maximum Gasteiger partial charge on any atom is 0.310 e. The van der Waals surface area contributed by atoms with Crippen molar-refractivity contribution >= 4 is 5.97 Å². The molecule has 3 saturated carbocycles. The predicted molar refractivity (Wildman–Crippen MR) is 98.6 cm³/mol. The minimum Gasteiger partial charge on any atom is -0.459 e. The van der Waals surface area contributed by atoms with E-state index in [2.05, 4.69) is 48.5 Å². The summed E-state index contributed by atoms with van der Waals surface area (Å²) >= 11 is 0. The zero-order valence-corrected chi connectivity index (χ0v) is 16.9. The number of esters is 1. The van der Waals surface area contributed by atoms with Crippen molar-refractivity contribution in [3.63, 3.8) is 0 Å². The van der Waals surface area contributed by atoms with Crippen molar-refractivity contribution in [3.05, 3.63) is 0 Å². The molecule has 0 heterocycles. The van der Waals surface area contributed by atoms with E-state index in [1.165, 1.54) is 25.7 Å². The number of hydrogen-bond acceptors (Lipinski definition) is 2. The highest BCUT2D eigenvalue weighted by atomic mass is 16.6. The molecule has 0 N–H and O–H groups in total. The lowest BCUT2D eigenvalue weighted by Crippen LogP contribution is -2.45. The van der Waals surface area contributed by atoms with E-state index in [4.69, 9.17) is 4.74 Å². The molecule has 0 spiro atoms. The summed E-state index contributed by atoms with van der Waals surface area (Å²) in [4.78, 5) is 13.2. The van der Waals surface area contributed by atoms with Crippen molar-refractivity contribution in [2.75, 3.05) is 0 Å². The van der Waals surface area contributed by atoms with Crippen LogP contribution in [0.3, 0.4) is 0 Å². The Labute approximate surface area is 149 Å². The van der Waals surface area contributed by atoms with Gasteiger partial charge in [0.15, 0.2) is 0 Å². The quantitative estimate of drug-likeness (QED) is 0.606. The van der Waals surface area contributed by atoms with Crippen LogP contribution in [0.2, 0.25) is 0 Å². The molecule has 0 saturated heterocycles. The first-order valence-electron chi connectivity index (χ1n) is 10.1. The summed E-state index contributed by atoms with van der Waals surface area (Å²) in [6.45, 7) is 15.5. The van der Waals surface area contributed by atoms with Crippen LogP contribution in [0, 0.1) is 40.4 Å². The van der Waals surface area contributed by atoms with E-state index in [9.17, 15) is 4.79 Å². The van der Waals surface area contributed by atoms with Crippen LogP contribution < -0.4 is 0 Å². The Morgan fingerprint density at radius 1 is 1.12 bits per heavy atom. The standard InChI is InChI=1S/C22H38O2/c1-20(2,3)13-18(21(4,5)6)19(23)24-22(7)12-14-11-17(22)16-10-8-9-15(14)16/h14-18H,8-13H2,1-7H3. The van der Waals surface area contributed by atoms with Gasteiger partial charge in [-0.25, -0.2) is 0 Å². The molecule has 138 valence electrons. The molecule has 0 aromatic heterocycles. The van der Waals surface area contributed by atoms with Crippen molar-refractivity contribution in [2.45, 2.75) is 92.6 Å². The minimum atomic E-state index is -0.200. The van der Waals surface area contributed by atoms with Crippen LogP contribution in [-0.2, 0) is 9.53 Å². The highest BCUT2D eigenvalue weighted by Crippen LogP contribution is 2.63. The number of hydrogen-bond donors (Lipinski definition) is 0. The van der Waals surface area contributed by atoms with Gasteiger partial charge in [-0.2, -0.15) is 0 Å². The molecule has 3 fully saturated rings. The maximum atomic E-state index is 13.2. The number of rotatable bonds is 3. The van der Waals surface area contributed by atoms with Crippen LogP contribution in [0.15, 0.2) is 0 Å². The van der Waals surface area contributed by atoms with Crippen LogP contribution in [0.4, 0.5) is 0 Å². The smallest absolute Gasteiger partial charge is 0.310 e. The molecule has 3 aliphatic carbocycles. The van der Waals surface area contributed by atoms with Gasteiger partial charge in [-0.05, 0) is 67.6 Å². The van der Waals surface area contributed by atoms with Gasteiger partial charge in [-0.15, -0.1) is 0 Å². The van der Waals surface area contributed by atoms with Crippen molar-refractivity contribution < 1.29 is 9.53 Å². The van der Waals surface area contributed by atoms with Gasteiger partial charge in [0.25, 0.3) is 0 Å². The molecule has 0 aromatic carbocycles. The number of ether oxygens (including phenoxy) is 1. The van der Waals surface area contributed by atoms with E-state index in [1.807, 2.05) is 0 Å². The third-order valence-corrected chi connectivity index (χ3v) is 7.24. The first-order chi connectivity index (χ1) is 10.9. The highest BCUT2D eigenvalue weighted by Gasteiger charge is 2.61. The van der Waals surface area contributed by atoms with E-state index < -0.39 is 0 Å². The van der Waals surface area contributed by atoms with Gasteiger partial charge in [-0.3, -0.25) is 4.79 Å². The van der Waals surface area contributed by atoms with Crippen molar-refractivity contribution in [3.8, 4) is 0 Å². The molecule has 2 nitrogen and oxygen atoms in total. The van der Waals surface area contributed by atoms with Gasteiger partial charge in [0, 0.05) is 5.92 Å². The van der Waals surface area contributed by atoms with E-state index in [0.29, 0.717) is 5.92 Å². The Morgan fingerprint density at radius 3 is 2.33 bits per heavy atom. The van der Waals surface area contributed by atoms with Gasteiger partial charge in [-0.1, -0.05) is 48.0 Å². The van der Waals surface area contributed by atoms with E-state index >= 15 is 0 Å². The molecule has 24 heavy (non-hydrogen) atoms. The Hall–Kier alpha value is -0.530. The summed E-state index contributed by atoms with van der Waals surface area (Å²) in [5, 5.41) is 0. The molecule has 0 aromatic rings. The number of carbonyl (C=O) groups excluding carboxylic acids is 1. The fraction of sp³-hybridized carbons (Fsp3) is 0.955. The zero-order chi connectivity index (χ0) is 17.9. The molecule has 3 rings (SSSR count). The third-order valence-electron chi connectivity index (χ3n) is 7.24. The molecular weight excluding hydrogens is 296 g/mol. The second-order valence-corrected chi connectivity index (χ2v) is 11.5. The zero-order valence-electron chi connectivity index (χ0n) is 16.9. The second-order valence-electron chi connectivity index (χ2n) is 11.5. The molecule has 6 atom stereocenters. The summed E-state index contributed by atoms with van der Waals surface area (Å²) in [5.41, 5.74) is -0.105. The predicted octanol–water partition coefficient (Wildman–Crippen LogP) is 5.84. The lowest BCUT2D eigenvalue weighted by atomic mass is 9.71. The molecule has 3 aliphatic rings. The summed E-state index contributed by atoms with van der Waals surface area (Å²) in [7, 11) is 0. The summed E-state index contributed by atoms with van der Waals surface area (Å²) < 4.78 is 6.34. The van der Waals surface area contributed by atoms with Crippen molar-refractivity contribution in [2.24, 2.45) is 40.4 Å². The van der Waals surface area contributed by atoms with Gasteiger partial charge < -0.3 is 4.74 Å². The SMILES string of the molecule is CC(C)(C)CC(C(=O)OC1(C)CC2CC1C1CCCC21)C(C)(C)C. The normalized spacial score (nSPS) is 39.8. The molecule has 0 radical (unpaired) electrons. The average molecular weight is 335 g/mol. The van der Waals surface area contributed by atoms with E-state index in [1.54, 1.807) is 0 Å². The van der Waals surface area contributed by atoms with Gasteiger partial charge in [0.05, 0.1) is 5.92 Å². The molecule has 0 aliphatic heterocycles. The van der Waals surface area contributed by atoms with Gasteiger partial charge in [0.1, 0.15) is 5.60 Å². The van der Waals surface area contributed by atoms with Crippen LogP contribution in [0.1, 0.15) is 87.0 Å². The first-order valence-corrected chi connectivity index (χ1v) is 10.1. The van der Waals surface area contributed by atoms with Gasteiger partial charge >= 0.3 is 5.97 Å². The summed E-state index contributed by atoms with van der Waals surface area (Å²) in [6, 6.07) is 0. The van der Waals surface area contributed by atoms with Crippen LogP contribution >= 0.6 is 0 Å². The second kappa shape index (κ2) is 5.74. The summed E-state index contributed by atoms with van der Waals surface area (Å²) in [5.74, 6) is 3.24. The van der Waals surface area contributed by atoms with Crippen molar-refractivity contribution in [1.82, 2.24) is 0 Å². The molecule has 0 amide bonds. The largest absolute Gasteiger partial charge is 0.459 e. The minimum absolute atomic E-state index is 0.0205. The Balaban J connectivity index is 1.73. The van der Waals surface area contributed by atoms with Crippen molar-refractivity contribution in [1.29, 1.82) is 0 Å². The number of fused-ring (bicyclic) bond motifs is 5.